The molecule has 5 nitrogen and oxygen atoms in total. The van der Waals surface area contributed by atoms with E-state index < -0.39 is 0 Å². The van der Waals surface area contributed by atoms with E-state index in [4.69, 9.17) is 5.73 Å². The van der Waals surface area contributed by atoms with E-state index in [2.05, 4.69) is 28.4 Å². The summed E-state index contributed by atoms with van der Waals surface area (Å²) in [5.41, 5.74) is 8.51. The quantitative estimate of drug-likeness (QED) is 0.734. The van der Waals surface area contributed by atoms with Gasteiger partial charge >= 0.3 is 0 Å². The lowest BCUT2D eigenvalue weighted by atomic mass is 9.99. The fraction of sp³-hybridized carbons (Fsp3) is 0.650. The molecule has 1 aromatic carbocycles. The minimum Gasteiger partial charge on any atom is -0.393 e. The summed E-state index contributed by atoms with van der Waals surface area (Å²) in [5.74, 6) is 0.452. The van der Waals surface area contributed by atoms with Gasteiger partial charge in [0, 0.05) is 38.6 Å². The van der Waals surface area contributed by atoms with Gasteiger partial charge in [0.05, 0.1) is 6.10 Å². The van der Waals surface area contributed by atoms with Crippen molar-refractivity contribution in [2.45, 2.75) is 63.8 Å². The lowest BCUT2D eigenvalue weighted by molar-refractivity contribution is -0.122. The van der Waals surface area contributed by atoms with Crippen LogP contribution >= 0.6 is 0 Å². The first-order valence-corrected chi connectivity index (χ1v) is 9.61. The van der Waals surface area contributed by atoms with E-state index in [-0.39, 0.29) is 18.1 Å². The van der Waals surface area contributed by atoms with Gasteiger partial charge in [0.25, 0.3) is 0 Å². The van der Waals surface area contributed by atoms with Gasteiger partial charge < -0.3 is 16.2 Å². The number of likely N-dealkylation sites (tertiary alicyclic amines) is 1. The van der Waals surface area contributed by atoms with Crippen molar-refractivity contribution in [2.75, 3.05) is 13.1 Å². The second-order valence-corrected chi connectivity index (χ2v) is 7.61. The van der Waals surface area contributed by atoms with Crippen LogP contribution in [0.25, 0.3) is 0 Å². The number of amides is 1. The molecule has 1 heterocycles. The number of nitrogens with one attached hydrogen (secondary N) is 1. The molecule has 25 heavy (non-hydrogen) atoms. The Bertz CT molecular complexity index is 570. The molecule has 1 aliphatic heterocycles. The smallest absolute Gasteiger partial charge is 0.220 e. The maximum absolute atomic E-state index is 12.3. The number of hydrogen-bond acceptors (Lipinski definition) is 4. The predicted octanol–water partition coefficient (Wildman–Crippen LogP) is 1.78. The van der Waals surface area contributed by atoms with Crippen molar-refractivity contribution in [3.63, 3.8) is 0 Å². The molecule has 1 aromatic rings. The lowest BCUT2D eigenvalue weighted by Crippen LogP contribution is -2.35. The van der Waals surface area contributed by atoms with Crippen molar-refractivity contribution in [1.82, 2.24) is 10.2 Å². The number of benzene rings is 1. The Labute approximate surface area is 150 Å². The van der Waals surface area contributed by atoms with E-state index in [1.807, 2.05) is 6.07 Å². The van der Waals surface area contributed by atoms with Crippen LogP contribution in [-0.4, -0.2) is 41.1 Å². The summed E-state index contributed by atoms with van der Waals surface area (Å²) >= 11 is 0. The average Bonchev–Trinajstić information content (AvgIpc) is 3.01. The standard InChI is InChI=1S/C20H31N3O2/c21-19-7-3-6-15(19)12-20(25)22-13-16-4-1-2-5-17(16)14-23-10-8-18(24)9-11-23/h1-2,4-5,15,18-19,24H,3,6-14,21H2,(H,22,25)/t15-,19+/m0/s1. The van der Waals surface area contributed by atoms with E-state index >= 15 is 0 Å². The Balaban J connectivity index is 1.51. The minimum atomic E-state index is -0.146. The van der Waals surface area contributed by atoms with Crippen LogP contribution in [0.5, 0.6) is 0 Å². The molecule has 0 radical (unpaired) electrons. The highest BCUT2D eigenvalue weighted by molar-refractivity contribution is 5.76. The van der Waals surface area contributed by atoms with Crippen LogP contribution in [-0.2, 0) is 17.9 Å². The molecule has 138 valence electrons. The Kier molecular flexibility index (Phi) is 6.45. The lowest BCUT2D eigenvalue weighted by Gasteiger charge is -2.30. The fourth-order valence-electron chi connectivity index (χ4n) is 4.03. The summed E-state index contributed by atoms with van der Waals surface area (Å²) in [7, 11) is 0. The number of carbonyl (C=O) groups is 1. The fourth-order valence-corrected chi connectivity index (χ4v) is 4.03. The Morgan fingerprint density at radius 1 is 1.16 bits per heavy atom. The van der Waals surface area contributed by atoms with Gasteiger partial charge in [0.15, 0.2) is 0 Å². The molecule has 1 saturated carbocycles. The molecule has 1 aliphatic carbocycles. The number of nitrogens with two attached hydrogens (primary N) is 1. The number of rotatable bonds is 6. The Morgan fingerprint density at radius 3 is 2.56 bits per heavy atom. The number of piperidine rings is 1. The largest absolute Gasteiger partial charge is 0.393 e. The number of aliphatic hydroxyl groups is 1. The molecule has 1 saturated heterocycles. The normalized spacial score (nSPS) is 25.2. The summed E-state index contributed by atoms with van der Waals surface area (Å²) in [4.78, 5) is 14.6. The van der Waals surface area contributed by atoms with Crippen molar-refractivity contribution >= 4 is 5.91 Å². The molecule has 2 aliphatic rings. The molecule has 0 unspecified atom stereocenters. The maximum atomic E-state index is 12.3. The highest BCUT2D eigenvalue weighted by Crippen LogP contribution is 2.26. The van der Waals surface area contributed by atoms with Gasteiger partial charge in [-0.25, -0.2) is 0 Å². The number of aliphatic hydroxyl groups excluding tert-OH is 1. The van der Waals surface area contributed by atoms with Gasteiger partial charge in [-0.2, -0.15) is 0 Å². The topological polar surface area (TPSA) is 78.6 Å². The monoisotopic (exact) mass is 345 g/mol. The zero-order valence-electron chi connectivity index (χ0n) is 15.0. The summed E-state index contributed by atoms with van der Waals surface area (Å²) in [6, 6.07) is 8.50. The second kappa shape index (κ2) is 8.79. The predicted molar refractivity (Wildman–Crippen MR) is 98.7 cm³/mol. The van der Waals surface area contributed by atoms with E-state index in [1.165, 1.54) is 11.1 Å². The average molecular weight is 345 g/mol. The van der Waals surface area contributed by atoms with Gasteiger partial charge in [0.2, 0.25) is 5.91 Å². The van der Waals surface area contributed by atoms with E-state index in [1.54, 1.807) is 0 Å². The summed E-state index contributed by atoms with van der Waals surface area (Å²) in [6.45, 7) is 3.32. The molecular formula is C20H31N3O2. The Hall–Kier alpha value is -1.43. The minimum absolute atomic E-state index is 0.109. The highest BCUT2D eigenvalue weighted by Gasteiger charge is 2.26. The van der Waals surface area contributed by atoms with Gasteiger partial charge in [-0.15, -0.1) is 0 Å². The molecule has 2 fully saturated rings. The third kappa shape index (κ3) is 5.27. The molecule has 2 atom stereocenters. The first kappa shape index (κ1) is 18.4. The third-order valence-corrected chi connectivity index (χ3v) is 5.71. The van der Waals surface area contributed by atoms with Crippen LogP contribution < -0.4 is 11.1 Å². The van der Waals surface area contributed by atoms with E-state index in [0.29, 0.717) is 18.9 Å². The van der Waals surface area contributed by atoms with Crippen LogP contribution in [0.2, 0.25) is 0 Å². The molecule has 0 bridgehead atoms. The van der Waals surface area contributed by atoms with Crippen LogP contribution in [0.1, 0.15) is 49.7 Å². The summed E-state index contributed by atoms with van der Waals surface area (Å²) in [5, 5.41) is 12.7. The zero-order chi connectivity index (χ0) is 17.6. The van der Waals surface area contributed by atoms with Gasteiger partial charge in [0.1, 0.15) is 0 Å². The van der Waals surface area contributed by atoms with Crippen molar-refractivity contribution < 1.29 is 9.90 Å². The van der Waals surface area contributed by atoms with Gasteiger partial charge in [-0.3, -0.25) is 9.69 Å². The van der Waals surface area contributed by atoms with Crippen LogP contribution in [0.15, 0.2) is 24.3 Å². The van der Waals surface area contributed by atoms with Crippen LogP contribution in [0.3, 0.4) is 0 Å². The molecule has 4 N–H and O–H groups in total. The molecule has 0 spiro atoms. The number of hydrogen-bond donors (Lipinski definition) is 3. The number of carbonyl (C=O) groups excluding carboxylic acids is 1. The summed E-state index contributed by atoms with van der Waals surface area (Å²) in [6.07, 6.45) is 5.37. The number of nitrogens with zero attached hydrogens (tertiary/aromatic N) is 1. The molecule has 3 rings (SSSR count). The first-order valence-electron chi connectivity index (χ1n) is 9.61. The Morgan fingerprint density at radius 2 is 1.88 bits per heavy atom. The first-order chi connectivity index (χ1) is 12.1. The SMILES string of the molecule is N[C@@H]1CCC[C@H]1CC(=O)NCc1ccccc1CN1CCC(O)CC1. The van der Waals surface area contributed by atoms with Crippen molar-refractivity contribution in [1.29, 1.82) is 0 Å². The molecule has 1 amide bonds. The van der Waals surface area contributed by atoms with Crippen molar-refractivity contribution in [3.05, 3.63) is 35.4 Å². The molecular weight excluding hydrogens is 314 g/mol. The molecule has 5 heteroatoms. The van der Waals surface area contributed by atoms with Crippen LogP contribution in [0, 0.1) is 5.92 Å². The third-order valence-electron chi connectivity index (χ3n) is 5.71. The maximum Gasteiger partial charge on any atom is 0.220 e. The van der Waals surface area contributed by atoms with Crippen LogP contribution in [0.4, 0.5) is 0 Å². The highest BCUT2D eigenvalue weighted by atomic mass is 16.3. The second-order valence-electron chi connectivity index (χ2n) is 7.61. The summed E-state index contributed by atoms with van der Waals surface area (Å²) < 4.78 is 0. The zero-order valence-corrected chi connectivity index (χ0v) is 15.0. The van der Waals surface area contributed by atoms with Gasteiger partial charge in [-0.1, -0.05) is 30.7 Å². The van der Waals surface area contributed by atoms with Crippen molar-refractivity contribution in [3.8, 4) is 0 Å². The van der Waals surface area contributed by atoms with Crippen molar-refractivity contribution in [2.24, 2.45) is 11.7 Å². The van der Waals surface area contributed by atoms with Gasteiger partial charge in [-0.05, 0) is 42.7 Å². The van der Waals surface area contributed by atoms with E-state index in [0.717, 1.165) is 51.7 Å². The van der Waals surface area contributed by atoms with E-state index in [9.17, 15) is 9.90 Å². The molecule has 0 aromatic heterocycles.